The zero-order valence-electron chi connectivity index (χ0n) is 34.8. The van der Waals surface area contributed by atoms with Gasteiger partial charge in [0.1, 0.15) is 0 Å². The highest BCUT2D eigenvalue weighted by molar-refractivity contribution is 7.89. The van der Waals surface area contributed by atoms with Crippen LogP contribution in [0.3, 0.4) is 0 Å². The van der Waals surface area contributed by atoms with Crippen LogP contribution in [0.1, 0.15) is 73.4 Å². The van der Waals surface area contributed by atoms with Crippen LogP contribution in [-0.4, -0.2) is 127 Å². The van der Waals surface area contributed by atoms with Crippen LogP contribution in [0, 0.1) is 13.8 Å². The van der Waals surface area contributed by atoms with E-state index in [9.17, 15) is 16.8 Å². The molecule has 0 aromatic heterocycles. The zero-order chi connectivity index (χ0) is 43.5. The standard InChI is InChI=1S/C21H37N5O4S.C11H19N3O2S.C5H10ClNO/c1-16-8-10-19(11-9-16)31(29,30)26(14-12-22-20(4,5)17(2)24-27)15-13-23-21(6,7)18(3)25-28;1-10-2-4-11(5-3-10)17(15,16)14(8-6-12)9-7-13;1-4(7-8)5(2,3)6/h8-11,22-23,27-28H,12-15H2,1-7H3;2-5H,6-9,12-13H2,1H3;8H,1-3H3/b24-17+,25-18+;;7-4+. The topological polar surface area (TPSA) is 249 Å². The van der Waals surface area contributed by atoms with Crippen LogP contribution in [-0.2, 0) is 20.0 Å². The predicted molar refractivity (Wildman–Crippen MR) is 227 cm³/mol. The molecule has 2 rings (SSSR count). The first-order valence-electron chi connectivity index (χ1n) is 18.1. The Kier molecular flexibility index (Phi) is 22.5. The molecular formula is C37H66ClN9O7S2. The Morgan fingerprint density at radius 1 is 0.607 bits per heavy atom. The fraction of sp³-hybridized carbons (Fsp3) is 0.595. The van der Waals surface area contributed by atoms with E-state index in [2.05, 4.69) is 26.1 Å². The van der Waals surface area contributed by atoms with Crippen molar-refractivity contribution in [1.82, 2.24) is 19.2 Å². The van der Waals surface area contributed by atoms with Crippen molar-refractivity contribution in [3.63, 3.8) is 0 Å². The molecule has 16 nitrogen and oxygen atoms in total. The Labute approximate surface area is 340 Å². The molecule has 0 aliphatic rings. The number of benzene rings is 2. The number of hydrogen-bond donors (Lipinski definition) is 7. The smallest absolute Gasteiger partial charge is 0.243 e. The summed E-state index contributed by atoms with van der Waals surface area (Å²) in [5.41, 5.74) is 13.2. The maximum Gasteiger partial charge on any atom is 0.243 e. The fourth-order valence-corrected chi connectivity index (χ4v) is 7.27. The Bertz CT molecular complexity index is 1740. The van der Waals surface area contributed by atoms with Crippen molar-refractivity contribution in [3.8, 4) is 0 Å². The van der Waals surface area contributed by atoms with Gasteiger partial charge >= 0.3 is 0 Å². The Morgan fingerprint density at radius 2 is 0.893 bits per heavy atom. The van der Waals surface area contributed by atoms with Crippen LogP contribution >= 0.6 is 11.6 Å². The van der Waals surface area contributed by atoms with E-state index in [1.807, 2.05) is 41.5 Å². The predicted octanol–water partition coefficient (Wildman–Crippen LogP) is 4.18. The highest BCUT2D eigenvalue weighted by atomic mass is 35.5. The summed E-state index contributed by atoms with van der Waals surface area (Å²) < 4.78 is 53.8. The normalized spacial score (nSPS) is 13.6. The summed E-state index contributed by atoms with van der Waals surface area (Å²) in [6.07, 6.45) is 0. The highest BCUT2D eigenvalue weighted by Crippen LogP contribution is 2.18. The van der Waals surface area contributed by atoms with E-state index in [0.29, 0.717) is 30.2 Å². The molecular weight excluding hydrogens is 782 g/mol. The van der Waals surface area contributed by atoms with Gasteiger partial charge in [0.25, 0.3) is 0 Å². The highest BCUT2D eigenvalue weighted by Gasteiger charge is 2.28. The lowest BCUT2D eigenvalue weighted by Gasteiger charge is -2.30. The maximum atomic E-state index is 13.3. The molecule has 0 radical (unpaired) electrons. The lowest BCUT2D eigenvalue weighted by atomic mass is 10.00. The maximum absolute atomic E-state index is 13.3. The lowest BCUT2D eigenvalue weighted by Crippen LogP contribution is -2.51. The van der Waals surface area contributed by atoms with Crippen LogP contribution in [0.15, 0.2) is 73.8 Å². The average Bonchev–Trinajstić information content (AvgIpc) is 3.13. The van der Waals surface area contributed by atoms with Crippen LogP contribution in [0.25, 0.3) is 0 Å². The molecule has 2 aromatic rings. The van der Waals surface area contributed by atoms with E-state index >= 15 is 0 Å². The monoisotopic (exact) mass is 847 g/mol. The number of rotatable bonds is 19. The quantitative estimate of drug-likeness (QED) is 0.0457. The van der Waals surface area contributed by atoms with Crippen LogP contribution in [0.4, 0.5) is 0 Å². The summed E-state index contributed by atoms with van der Waals surface area (Å²) in [5.74, 6) is 0. The molecule has 0 atom stereocenters. The van der Waals surface area contributed by atoms with Gasteiger partial charge in [-0.2, -0.15) is 8.61 Å². The number of oxime groups is 3. The van der Waals surface area contributed by atoms with Gasteiger partial charge in [0.15, 0.2) is 0 Å². The number of nitrogens with zero attached hydrogens (tertiary/aromatic N) is 5. The van der Waals surface area contributed by atoms with Gasteiger partial charge in [-0.05, 0) is 100 Å². The molecule has 2 aromatic carbocycles. The molecule has 0 spiro atoms. The average molecular weight is 849 g/mol. The minimum atomic E-state index is -3.71. The van der Waals surface area contributed by atoms with Crippen molar-refractivity contribution >= 4 is 48.8 Å². The van der Waals surface area contributed by atoms with E-state index < -0.39 is 36.0 Å². The third-order valence-electron chi connectivity index (χ3n) is 9.05. The van der Waals surface area contributed by atoms with Crippen molar-refractivity contribution in [3.05, 3.63) is 59.7 Å². The number of halogens is 1. The van der Waals surface area contributed by atoms with Crippen molar-refractivity contribution < 1.29 is 32.5 Å². The molecule has 0 aliphatic heterocycles. The van der Waals surface area contributed by atoms with E-state index in [1.54, 1.807) is 83.1 Å². The Hall–Kier alpha value is -3.20. The summed E-state index contributed by atoms with van der Waals surface area (Å²) in [7, 11) is -7.18. The van der Waals surface area contributed by atoms with Gasteiger partial charge in [-0.3, -0.25) is 0 Å². The van der Waals surface area contributed by atoms with Crippen LogP contribution in [0.5, 0.6) is 0 Å². The molecule has 320 valence electrons. The summed E-state index contributed by atoms with van der Waals surface area (Å²) in [5, 5.41) is 42.2. The van der Waals surface area contributed by atoms with Gasteiger partial charge in [0.2, 0.25) is 20.0 Å². The number of hydrogen-bond acceptors (Lipinski definition) is 14. The molecule has 56 heavy (non-hydrogen) atoms. The summed E-state index contributed by atoms with van der Waals surface area (Å²) in [6, 6.07) is 13.5. The van der Waals surface area contributed by atoms with Gasteiger partial charge in [-0.15, -0.1) is 11.6 Å². The molecule has 0 unspecified atom stereocenters. The van der Waals surface area contributed by atoms with Crippen molar-refractivity contribution in [2.24, 2.45) is 26.9 Å². The van der Waals surface area contributed by atoms with E-state index in [-0.39, 0.29) is 49.1 Å². The third-order valence-corrected chi connectivity index (χ3v) is 13.1. The van der Waals surface area contributed by atoms with Crippen LogP contribution in [0.2, 0.25) is 0 Å². The second-order valence-electron chi connectivity index (χ2n) is 14.6. The van der Waals surface area contributed by atoms with Crippen molar-refractivity contribution in [1.29, 1.82) is 0 Å². The molecule has 0 saturated heterocycles. The van der Waals surface area contributed by atoms with Crippen LogP contribution < -0.4 is 22.1 Å². The summed E-state index contributed by atoms with van der Waals surface area (Å²) in [4.78, 5) is -0.00259. The molecule has 0 bridgehead atoms. The number of nitrogens with two attached hydrogens (primary N) is 2. The molecule has 0 fully saturated rings. The first kappa shape index (κ1) is 52.8. The van der Waals surface area contributed by atoms with E-state index in [1.165, 1.54) is 8.61 Å². The second kappa shape index (κ2) is 23.9. The molecule has 9 N–H and O–H groups in total. The van der Waals surface area contributed by atoms with E-state index in [4.69, 9.17) is 38.7 Å². The summed E-state index contributed by atoms with van der Waals surface area (Å²) >= 11 is 5.69. The van der Waals surface area contributed by atoms with Gasteiger partial charge in [0, 0.05) is 52.4 Å². The summed E-state index contributed by atoms with van der Waals surface area (Å²) in [6.45, 7) is 22.2. The molecule has 0 amide bonds. The SMILES string of the molecule is C/C(=N\O)C(C)(C)Cl.C/C(=N\O)C(C)(C)NCCN(CCNC(C)(C)/C(C)=N/O)S(=O)(=O)c1ccc(C)cc1.Cc1ccc(S(=O)(=O)N(CCN)CCN)cc1. The molecule has 0 saturated carbocycles. The number of nitrogens with one attached hydrogen (secondary N) is 2. The number of sulfonamides is 2. The number of aryl methyl sites for hydroxylation is 2. The van der Waals surface area contributed by atoms with Gasteiger partial charge < -0.3 is 37.7 Å². The second-order valence-corrected chi connectivity index (χ2v) is 19.5. The molecule has 19 heteroatoms. The van der Waals surface area contributed by atoms with Gasteiger partial charge in [0.05, 0.1) is 42.9 Å². The Balaban J connectivity index is 0.00000100. The van der Waals surface area contributed by atoms with Crippen molar-refractivity contribution in [2.75, 3.05) is 52.4 Å². The zero-order valence-corrected chi connectivity index (χ0v) is 37.2. The van der Waals surface area contributed by atoms with Crippen molar-refractivity contribution in [2.45, 2.75) is 102 Å². The Morgan fingerprint density at radius 3 is 1.12 bits per heavy atom. The lowest BCUT2D eigenvalue weighted by molar-refractivity contribution is 0.307. The van der Waals surface area contributed by atoms with E-state index in [0.717, 1.165) is 11.1 Å². The fourth-order valence-electron chi connectivity index (χ4n) is 4.32. The largest absolute Gasteiger partial charge is 0.411 e. The molecule has 0 aliphatic carbocycles. The van der Waals surface area contributed by atoms with Gasteiger partial charge in [-0.25, -0.2) is 16.8 Å². The van der Waals surface area contributed by atoms with Gasteiger partial charge in [-0.1, -0.05) is 50.9 Å². The minimum absolute atomic E-state index is 0.230. The number of alkyl halides is 1. The first-order valence-corrected chi connectivity index (χ1v) is 21.3. The first-order chi connectivity index (χ1) is 25.8. The molecule has 0 heterocycles. The third kappa shape index (κ3) is 17.5. The minimum Gasteiger partial charge on any atom is -0.411 e.